The molecular weight excluding hydrogens is 639 g/mol. The van der Waals surface area contributed by atoms with Crippen LogP contribution in [0.2, 0.25) is 0 Å². The quantitative estimate of drug-likeness (QED) is 0.215. The van der Waals surface area contributed by atoms with Crippen LogP contribution < -0.4 is 0 Å². The SMILES string of the molecule is [Pt+2].[c-]1nc2ccccc2n1-c1cccc(-c2ccccc2-c2cccc(-n3[c-]nc4ccccc43)n2)n1. The molecule has 0 aliphatic heterocycles. The molecule has 0 aliphatic carbocycles. The predicted molar refractivity (Wildman–Crippen MR) is 140 cm³/mol. The molecule has 37 heavy (non-hydrogen) atoms. The Morgan fingerprint density at radius 1 is 0.459 bits per heavy atom. The maximum absolute atomic E-state index is 4.98. The maximum atomic E-state index is 4.98. The smallest absolute Gasteiger partial charge is 0.411 e. The molecule has 0 saturated carbocycles. The molecule has 0 amide bonds. The van der Waals surface area contributed by atoms with Crippen LogP contribution >= 0.6 is 0 Å². The Morgan fingerprint density at radius 2 is 0.892 bits per heavy atom. The fourth-order valence-corrected chi connectivity index (χ4v) is 4.49. The van der Waals surface area contributed by atoms with E-state index in [-0.39, 0.29) is 21.1 Å². The van der Waals surface area contributed by atoms with E-state index in [0.29, 0.717) is 0 Å². The molecule has 0 fully saturated rings. The molecule has 0 aliphatic rings. The van der Waals surface area contributed by atoms with Gasteiger partial charge < -0.3 is 19.1 Å². The molecule has 0 saturated heterocycles. The third-order valence-electron chi connectivity index (χ3n) is 6.19. The van der Waals surface area contributed by atoms with E-state index < -0.39 is 0 Å². The van der Waals surface area contributed by atoms with Gasteiger partial charge in [0.2, 0.25) is 0 Å². The van der Waals surface area contributed by atoms with Crippen molar-refractivity contribution in [3.63, 3.8) is 0 Å². The van der Waals surface area contributed by atoms with Gasteiger partial charge in [0.25, 0.3) is 0 Å². The Labute approximate surface area is 227 Å². The minimum atomic E-state index is 0. The third-order valence-corrected chi connectivity index (χ3v) is 6.19. The Bertz CT molecular complexity index is 1730. The third kappa shape index (κ3) is 4.05. The van der Waals surface area contributed by atoms with Gasteiger partial charge in [-0.05, 0) is 23.2 Å². The summed E-state index contributed by atoms with van der Waals surface area (Å²) in [5.74, 6) is 1.52. The van der Waals surface area contributed by atoms with Crippen LogP contribution in [-0.4, -0.2) is 29.1 Å². The van der Waals surface area contributed by atoms with E-state index in [4.69, 9.17) is 9.97 Å². The van der Waals surface area contributed by atoms with Crippen molar-refractivity contribution in [2.24, 2.45) is 0 Å². The normalized spacial score (nSPS) is 11.0. The van der Waals surface area contributed by atoms with Gasteiger partial charge in [-0.3, -0.25) is 9.97 Å². The number of nitrogens with zero attached hydrogens (tertiary/aromatic N) is 6. The second-order valence-corrected chi connectivity index (χ2v) is 8.38. The van der Waals surface area contributed by atoms with Crippen molar-refractivity contribution < 1.29 is 21.1 Å². The zero-order valence-corrected chi connectivity index (χ0v) is 21.7. The number of pyridine rings is 2. The van der Waals surface area contributed by atoms with Crippen LogP contribution in [0.1, 0.15) is 0 Å². The standard InChI is InChI=1S/C30H18N6.Pt/c1-2-10-22(24-14-8-18-30(34-24)36-20-32-26-12-4-6-16-28(26)36)21(9-1)23-13-7-17-29(33-23)35-19-31-25-11-3-5-15-27(25)35;/h1-18H;/q-2;+2. The molecule has 0 radical (unpaired) electrons. The Kier molecular flexibility index (Phi) is 5.95. The molecule has 4 heterocycles. The van der Waals surface area contributed by atoms with Crippen LogP contribution in [-0.2, 0) is 21.1 Å². The molecule has 178 valence electrons. The maximum Gasteiger partial charge on any atom is 2.00 e. The van der Waals surface area contributed by atoms with E-state index >= 15 is 0 Å². The van der Waals surface area contributed by atoms with E-state index in [9.17, 15) is 0 Å². The Morgan fingerprint density at radius 3 is 1.38 bits per heavy atom. The Hall–Kier alpha value is -4.41. The van der Waals surface area contributed by atoms with Crippen molar-refractivity contribution in [3.05, 3.63) is 122 Å². The monoisotopic (exact) mass is 657 g/mol. The molecule has 0 spiro atoms. The first-order chi connectivity index (χ1) is 17.8. The van der Waals surface area contributed by atoms with Gasteiger partial charge in [0.1, 0.15) is 0 Å². The molecular formula is C30H18N6Pt. The molecule has 0 N–H and O–H groups in total. The number of hydrogen-bond acceptors (Lipinski definition) is 4. The van der Waals surface area contributed by atoms with Crippen molar-refractivity contribution in [2.75, 3.05) is 0 Å². The number of aromatic nitrogens is 6. The summed E-state index contributed by atoms with van der Waals surface area (Å²) in [6, 6.07) is 36.1. The fourth-order valence-electron chi connectivity index (χ4n) is 4.49. The average molecular weight is 658 g/mol. The fraction of sp³-hybridized carbons (Fsp3) is 0. The number of para-hydroxylation sites is 4. The van der Waals surface area contributed by atoms with Crippen LogP contribution in [0.25, 0.3) is 56.2 Å². The van der Waals surface area contributed by atoms with Crippen molar-refractivity contribution in [1.82, 2.24) is 29.1 Å². The first kappa shape index (κ1) is 23.0. The summed E-state index contributed by atoms with van der Waals surface area (Å²) in [6.07, 6.45) is 6.14. The van der Waals surface area contributed by atoms with E-state index in [1.54, 1.807) is 0 Å². The van der Waals surface area contributed by atoms with Crippen LogP contribution in [0.5, 0.6) is 0 Å². The summed E-state index contributed by atoms with van der Waals surface area (Å²) in [5, 5.41) is 0. The van der Waals surface area contributed by atoms with Gasteiger partial charge >= 0.3 is 21.1 Å². The van der Waals surface area contributed by atoms with E-state index in [1.807, 2.05) is 106 Å². The van der Waals surface area contributed by atoms with E-state index in [1.165, 1.54) is 0 Å². The van der Waals surface area contributed by atoms with E-state index in [0.717, 1.165) is 56.2 Å². The largest absolute Gasteiger partial charge is 2.00 e. The van der Waals surface area contributed by atoms with Crippen LogP contribution in [0.3, 0.4) is 0 Å². The summed E-state index contributed by atoms with van der Waals surface area (Å²) in [7, 11) is 0. The summed E-state index contributed by atoms with van der Waals surface area (Å²) in [6.45, 7) is 0. The van der Waals surface area contributed by atoms with Crippen LogP contribution in [0.4, 0.5) is 0 Å². The minimum absolute atomic E-state index is 0. The van der Waals surface area contributed by atoms with Crippen molar-refractivity contribution in [3.8, 4) is 34.2 Å². The zero-order valence-electron chi connectivity index (χ0n) is 19.4. The molecule has 3 aromatic carbocycles. The molecule has 6 nitrogen and oxygen atoms in total. The number of hydrogen-bond donors (Lipinski definition) is 0. The number of benzene rings is 3. The van der Waals surface area contributed by atoms with Crippen LogP contribution in [0, 0.1) is 12.7 Å². The van der Waals surface area contributed by atoms with Gasteiger partial charge in [0, 0.05) is 23.8 Å². The second kappa shape index (κ2) is 9.56. The topological polar surface area (TPSA) is 61.4 Å². The summed E-state index contributed by atoms with van der Waals surface area (Å²) < 4.78 is 3.78. The summed E-state index contributed by atoms with van der Waals surface area (Å²) in [5.41, 5.74) is 7.38. The van der Waals surface area contributed by atoms with Crippen molar-refractivity contribution >= 4 is 22.1 Å². The Balaban J connectivity index is 0.00000252. The first-order valence-corrected chi connectivity index (χ1v) is 11.6. The molecule has 0 unspecified atom stereocenters. The summed E-state index contributed by atoms with van der Waals surface area (Å²) >= 11 is 0. The van der Waals surface area contributed by atoms with Gasteiger partial charge in [-0.1, -0.05) is 108 Å². The van der Waals surface area contributed by atoms with Gasteiger partial charge in [-0.15, -0.1) is 0 Å². The molecule has 4 aromatic heterocycles. The van der Waals surface area contributed by atoms with E-state index in [2.05, 4.69) is 34.8 Å². The predicted octanol–water partition coefficient (Wildman–Crippen LogP) is 6.09. The second-order valence-electron chi connectivity index (χ2n) is 8.38. The summed E-state index contributed by atoms with van der Waals surface area (Å²) in [4.78, 5) is 18.7. The van der Waals surface area contributed by atoms with Gasteiger partial charge in [-0.2, -0.15) is 0 Å². The molecule has 7 rings (SSSR count). The van der Waals surface area contributed by atoms with Crippen molar-refractivity contribution in [2.45, 2.75) is 0 Å². The number of imidazole rings is 2. The van der Waals surface area contributed by atoms with Crippen molar-refractivity contribution in [1.29, 1.82) is 0 Å². The first-order valence-electron chi connectivity index (χ1n) is 11.6. The number of rotatable bonds is 4. The number of fused-ring (bicyclic) bond motifs is 2. The molecule has 7 aromatic rings. The van der Waals surface area contributed by atoms with Crippen LogP contribution in [0.15, 0.2) is 109 Å². The molecule has 7 heteroatoms. The van der Waals surface area contributed by atoms with Gasteiger partial charge in [0.05, 0.1) is 23.0 Å². The average Bonchev–Trinajstić information content (AvgIpc) is 3.58. The van der Waals surface area contributed by atoms with Gasteiger partial charge in [0.15, 0.2) is 0 Å². The zero-order chi connectivity index (χ0) is 23.9. The minimum Gasteiger partial charge on any atom is -0.411 e. The molecule has 0 bridgehead atoms. The molecule has 0 atom stereocenters. The van der Waals surface area contributed by atoms with Gasteiger partial charge in [-0.25, -0.2) is 0 Å².